The smallest absolute Gasteiger partial charge is 0.0115 e. The first-order valence-electron chi connectivity index (χ1n) is 3.04. The molecule has 2 nitrogen and oxygen atoms in total. The van der Waals surface area contributed by atoms with E-state index in [1.807, 2.05) is 0 Å². The van der Waals surface area contributed by atoms with Crippen LogP contribution in [0, 0.1) is 5.41 Å². The molecule has 0 spiro atoms. The molecule has 2 heteroatoms. The number of rotatable bonds is 0. The number of nitrogens with zero attached hydrogens (tertiary/aromatic N) is 1. The minimum absolute atomic E-state index is 0.920. The average Bonchev–Trinajstić information content (AvgIpc) is 1.77. The van der Waals surface area contributed by atoms with E-state index < -0.39 is 0 Å². The van der Waals surface area contributed by atoms with Gasteiger partial charge in [-0.2, -0.15) is 0 Å². The average molecular weight is 112 g/mol. The fourth-order valence-electron chi connectivity index (χ4n) is 0.888. The van der Waals surface area contributed by atoms with Crippen molar-refractivity contribution in [1.82, 2.24) is 4.90 Å². The van der Waals surface area contributed by atoms with Crippen LogP contribution in [0.25, 0.3) is 0 Å². The summed E-state index contributed by atoms with van der Waals surface area (Å²) in [6.07, 6.45) is 1.97. The molecule has 1 fully saturated rings. The topological polar surface area (TPSA) is 27.1 Å². The lowest BCUT2D eigenvalue weighted by Crippen LogP contribution is -2.29. The minimum Gasteiger partial charge on any atom is -0.310 e. The van der Waals surface area contributed by atoms with E-state index in [4.69, 9.17) is 5.41 Å². The van der Waals surface area contributed by atoms with Gasteiger partial charge in [-0.25, -0.2) is 0 Å². The van der Waals surface area contributed by atoms with Gasteiger partial charge in [0.1, 0.15) is 0 Å². The van der Waals surface area contributed by atoms with Crippen molar-refractivity contribution >= 4 is 5.71 Å². The second-order valence-corrected chi connectivity index (χ2v) is 2.41. The summed E-state index contributed by atoms with van der Waals surface area (Å²) in [6, 6.07) is 0. The summed E-state index contributed by atoms with van der Waals surface area (Å²) >= 11 is 0. The van der Waals surface area contributed by atoms with Crippen LogP contribution in [0.5, 0.6) is 0 Å². The van der Waals surface area contributed by atoms with E-state index in [0.717, 1.165) is 31.6 Å². The quantitative estimate of drug-likeness (QED) is 0.491. The highest BCUT2D eigenvalue weighted by Crippen LogP contribution is 2.01. The van der Waals surface area contributed by atoms with Gasteiger partial charge in [0.2, 0.25) is 0 Å². The number of nitrogens with one attached hydrogen (secondary N) is 1. The summed E-state index contributed by atoms with van der Waals surface area (Å²) in [6.45, 7) is 2.16. The first kappa shape index (κ1) is 5.76. The fraction of sp³-hybridized carbons (Fsp3) is 0.833. The maximum Gasteiger partial charge on any atom is 0.0115 e. The SMILES string of the molecule is CN1CCC(=N)CC1. The summed E-state index contributed by atoms with van der Waals surface area (Å²) in [5.41, 5.74) is 0.920. The van der Waals surface area contributed by atoms with Crippen molar-refractivity contribution in [3.8, 4) is 0 Å². The van der Waals surface area contributed by atoms with Gasteiger partial charge in [0, 0.05) is 18.8 Å². The van der Waals surface area contributed by atoms with E-state index in [9.17, 15) is 0 Å². The Morgan fingerprint density at radius 1 is 1.38 bits per heavy atom. The van der Waals surface area contributed by atoms with Gasteiger partial charge in [-0.3, -0.25) is 0 Å². The van der Waals surface area contributed by atoms with Crippen molar-refractivity contribution in [2.45, 2.75) is 12.8 Å². The molecule has 0 aliphatic carbocycles. The third-order valence-electron chi connectivity index (χ3n) is 1.59. The molecule has 1 heterocycles. The summed E-state index contributed by atoms with van der Waals surface area (Å²) in [5.74, 6) is 0. The molecule has 0 bridgehead atoms. The largest absolute Gasteiger partial charge is 0.310 e. The summed E-state index contributed by atoms with van der Waals surface area (Å²) < 4.78 is 0. The van der Waals surface area contributed by atoms with Crippen LogP contribution in [-0.4, -0.2) is 30.7 Å². The molecule has 8 heavy (non-hydrogen) atoms. The Hall–Kier alpha value is -0.370. The Labute approximate surface area is 50.0 Å². The van der Waals surface area contributed by atoms with Crippen LogP contribution in [0.3, 0.4) is 0 Å². The molecular weight excluding hydrogens is 100 g/mol. The summed E-state index contributed by atoms with van der Waals surface area (Å²) in [7, 11) is 2.10. The second-order valence-electron chi connectivity index (χ2n) is 2.41. The zero-order valence-electron chi connectivity index (χ0n) is 5.28. The van der Waals surface area contributed by atoms with E-state index in [2.05, 4.69) is 11.9 Å². The Kier molecular flexibility index (Phi) is 1.63. The molecule has 0 aromatic heterocycles. The van der Waals surface area contributed by atoms with Gasteiger partial charge in [-0.1, -0.05) is 0 Å². The van der Waals surface area contributed by atoms with Crippen LogP contribution in [0.15, 0.2) is 0 Å². The van der Waals surface area contributed by atoms with Crippen molar-refractivity contribution in [1.29, 1.82) is 5.41 Å². The lowest BCUT2D eigenvalue weighted by Gasteiger charge is -2.21. The lowest BCUT2D eigenvalue weighted by atomic mass is 10.1. The Balaban J connectivity index is 2.29. The van der Waals surface area contributed by atoms with Gasteiger partial charge in [-0.15, -0.1) is 0 Å². The second kappa shape index (κ2) is 2.27. The normalized spacial score (nSPS) is 23.9. The van der Waals surface area contributed by atoms with Gasteiger partial charge in [0.15, 0.2) is 0 Å². The van der Waals surface area contributed by atoms with Gasteiger partial charge >= 0.3 is 0 Å². The molecular formula is C6H12N2. The number of hydrogen-bond acceptors (Lipinski definition) is 2. The van der Waals surface area contributed by atoms with Crippen LogP contribution in [0.2, 0.25) is 0 Å². The van der Waals surface area contributed by atoms with Crippen molar-refractivity contribution in [2.24, 2.45) is 0 Å². The summed E-state index contributed by atoms with van der Waals surface area (Å²) in [5, 5.41) is 7.25. The maximum atomic E-state index is 7.25. The van der Waals surface area contributed by atoms with Crippen LogP contribution < -0.4 is 0 Å². The van der Waals surface area contributed by atoms with Crippen LogP contribution >= 0.6 is 0 Å². The van der Waals surface area contributed by atoms with Gasteiger partial charge in [-0.05, 0) is 19.9 Å². The van der Waals surface area contributed by atoms with E-state index in [0.29, 0.717) is 0 Å². The van der Waals surface area contributed by atoms with Crippen molar-refractivity contribution in [3.63, 3.8) is 0 Å². The number of piperidine rings is 1. The molecule has 0 aromatic rings. The number of hydrogen-bond donors (Lipinski definition) is 1. The molecule has 0 atom stereocenters. The lowest BCUT2D eigenvalue weighted by molar-refractivity contribution is 0.335. The van der Waals surface area contributed by atoms with E-state index in [1.54, 1.807) is 0 Å². The third kappa shape index (κ3) is 1.30. The Morgan fingerprint density at radius 2 is 1.88 bits per heavy atom. The molecule has 1 saturated heterocycles. The Bertz CT molecular complexity index is 88.7. The highest BCUT2D eigenvalue weighted by Gasteiger charge is 2.07. The molecule has 0 aromatic carbocycles. The van der Waals surface area contributed by atoms with Gasteiger partial charge in [0.05, 0.1) is 0 Å². The highest BCUT2D eigenvalue weighted by molar-refractivity contribution is 5.82. The summed E-state index contributed by atoms with van der Waals surface area (Å²) in [4.78, 5) is 2.26. The highest BCUT2D eigenvalue weighted by atomic mass is 15.1. The third-order valence-corrected chi connectivity index (χ3v) is 1.59. The van der Waals surface area contributed by atoms with Crippen molar-refractivity contribution < 1.29 is 0 Å². The first-order chi connectivity index (χ1) is 3.79. The molecule has 0 unspecified atom stereocenters. The van der Waals surface area contributed by atoms with E-state index in [-0.39, 0.29) is 0 Å². The number of likely N-dealkylation sites (tertiary alicyclic amines) is 1. The zero-order valence-corrected chi connectivity index (χ0v) is 5.28. The molecule has 1 aliphatic heterocycles. The molecule has 1 rings (SSSR count). The first-order valence-corrected chi connectivity index (χ1v) is 3.04. The fourth-order valence-corrected chi connectivity index (χ4v) is 0.888. The van der Waals surface area contributed by atoms with Crippen molar-refractivity contribution in [3.05, 3.63) is 0 Å². The van der Waals surface area contributed by atoms with Crippen LogP contribution in [0.4, 0.5) is 0 Å². The monoisotopic (exact) mass is 112 g/mol. The standard InChI is InChI=1S/C6H12N2/c1-8-4-2-6(7)3-5-8/h7H,2-5H2,1H3. The molecule has 0 radical (unpaired) electrons. The van der Waals surface area contributed by atoms with Gasteiger partial charge in [0.25, 0.3) is 0 Å². The van der Waals surface area contributed by atoms with E-state index >= 15 is 0 Å². The predicted molar refractivity (Wildman–Crippen MR) is 34.5 cm³/mol. The predicted octanol–water partition coefficient (Wildman–Crippen LogP) is 0.732. The molecule has 1 N–H and O–H groups in total. The molecule has 46 valence electrons. The Morgan fingerprint density at radius 3 is 2.25 bits per heavy atom. The van der Waals surface area contributed by atoms with E-state index in [1.165, 1.54) is 0 Å². The van der Waals surface area contributed by atoms with Gasteiger partial charge < -0.3 is 10.3 Å². The molecule has 0 amide bonds. The van der Waals surface area contributed by atoms with Crippen molar-refractivity contribution in [2.75, 3.05) is 20.1 Å². The molecule has 1 aliphatic rings. The minimum atomic E-state index is 0.920. The zero-order chi connectivity index (χ0) is 5.98. The van der Waals surface area contributed by atoms with Crippen LogP contribution in [0.1, 0.15) is 12.8 Å². The maximum absolute atomic E-state index is 7.25. The van der Waals surface area contributed by atoms with Crippen LogP contribution in [-0.2, 0) is 0 Å². The molecule has 0 saturated carbocycles.